The average Bonchev–Trinajstić information content (AvgIpc) is 3.86. The molecule has 4 amide bonds. The molecule has 12 nitrogen and oxygen atoms in total. The number of benzene rings is 2. The Morgan fingerprint density at radius 1 is 0.917 bits per heavy atom. The van der Waals surface area contributed by atoms with Gasteiger partial charge in [0.05, 0.1) is 6.04 Å². The zero-order chi connectivity index (χ0) is 34.2. The summed E-state index contributed by atoms with van der Waals surface area (Å²) in [5.41, 5.74) is 8.90. The van der Waals surface area contributed by atoms with Crippen LogP contribution in [0.25, 0.3) is 10.9 Å². The Morgan fingerprint density at radius 2 is 1.60 bits per heavy atom. The van der Waals surface area contributed by atoms with Crippen LogP contribution in [0.3, 0.4) is 0 Å². The number of carbonyl (C=O) groups is 5. The van der Waals surface area contributed by atoms with Gasteiger partial charge in [0.25, 0.3) is 0 Å². The van der Waals surface area contributed by atoms with Crippen LogP contribution < -0.4 is 16.4 Å². The number of nitrogens with two attached hydrogens (primary N) is 1. The molecule has 2 aliphatic heterocycles. The summed E-state index contributed by atoms with van der Waals surface area (Å²) in [6, 6.07) is 12.5. The zero-order valence-electron chi connectivity index (χ0n) is 27.1. The van der Waals surface area contributed by atoms with Crippen molar-refractivity contribution in [1.82, 2.24) is 25.4 Å². The Hall–Kier alpha value is -4.36. The molecule has 6 N–H and O–H groups in total. The number of rotatable bonds is 14. The lowest BCUT2D eigenvalue weighted by Gasteiger charge is -2.32. The first kappa shape index (κ1) is 35.0. The third kappa shape index (κ3) is 8.19. The van der Waals surface area contributed by atoms with Gasteiger partial charge >= 0.3 is 5.97 Å². The molecular formula is C35H44N6O6S. The van der Waals surface area contributed by atoms with Crippen LogP contribution in [0, 0.1) is 0 Å². The molecule has 13 heteroatoms. The molecule has 0 aliphatic carbocycles. The van der Waals surface area contributed by atoms with Gasteiger partial charge in [0.15, 0.2) is 0 Å². The van der Waals surface area contributed by atoms with Gasteiger partial charge in [0.1, 0.15) is 24.2 Å². The van der Waals surface area contributed by atoms with E-state index in [1.165, 1.54) is 16.7 Å². The minimum absolute atomic E-state index is 0.112. The van der Waals surface area contributed by atoms with Gasteiger partial charge in [0, 0.05) is 36.6 Å². The van der Waals surface area contributed by atoms with Crippen molar-refractivity contribution >= 4 is 52.3 Å². The molecule has 256 valence electrons. The number of aromatic nitrogens is 1. The molecule has 0 saturated carbocycles. The highest BCUT2D eigenvalue weighted by molar-refractivity contribution is 7.98. The molecule has 2 fully saturated rings. The third-order valence-corrected chi connectivity index (χ3v) is 9.88. The van der Waals surface area contributed by atoms with Crippen LogP contribution in [0.5, 0.6) is 0 Å². The lowest BCUT2D eigenvalue weighted by Crippen LogP contribution is -2.58. The molecule has 2 aliphatic rings. The van der Waals surface area contributed by atoms with Crippen molar-refractivity contribution in [3.63, 3.8) is 0 Å². The largest absolute Gasteiger partial charge is 0.480 e. The highest BCUT2D eigenvalue weighted by atomic mass is 32.2. The van der Waals surface area contributed by atoms with E-state index in [1.54, 1.807) is 11.1 Å². The number of amides is 4. The number of aromatic amines is 1. The quantitative estimate of drug-likeness (QED) is 0.172. The van der Waals surface area contributed by atoms with Crippen molar-refractivity contribution < 1.29 is 29.1 Å². The second-order valence-corrected chi connectivity index (χ2v) is 13.5. The van der Waals surface area contributed by atoms with Gasteiger partial charge in [-0.2, -0.15) is 11.8 Å². The Balaban J connectivity index is 1.30. The molecule has 3 aromatic rings. The fourth-order valence-electron chi connectivity index (χ4n) is 6.71. The van der Waals surface area contributed by atoms with Gasteiger partial charge in [-0.3, -0.25) is 19.2 Å². The number of likely N-dealkylation sites (tertiary alicyclic amines) is 2. The van der Waals surface area contributed by atoms with Gasteiger partial charge in [-0.05, 0) is 67.7 Å². The number of para-hydroxylation sites is 1. The molecular weight excluding hydrogens is 632 g/mol. The minimum atomic E-state index is -1.15. The lowest BCUT2D eigenvalue weighted by atomic mass is 10.0. The SMILES string of the molecule is CSCC[C@H](NC(=O)[C@H](Cc1c[nH]c2ccccc12)NC(=O)[C@@H]1CCCN1C(=O)[C@@H]1CCCN1C(=O)[C@@H](N)Cc1ccccc1)C(=O)O. The van der Waals surface area contributed by atoms with Crippen LogP contribution in [0.2, 0.25) is 0 Å². The number of carboxylic acid groups (broad SMARTS) is 1. The van der Waals surface area contributed by atoms with Gasteiger partial charge in [-0.25, -0.2) is 4.79 Å². The van der Waals surface area contributed by atoms with Crippen molar-refractivity contribution in [3.05, 3.63) is 71.9 Å². The molecule has 2 aromatic carbocycles. The molecule has 0 bridgehead atoms. The number of nitrogens with one attached hydrogen (secondary N) is 3. The van der Waals surface area contributed by atoms with E-state index in [0.29, 0.717) is 50.9 Å². The van der Waals surface area contributed by atoms with E-state index in [0.717, 1.165) is 22.0 Å². The maximum Gasteiger partial charge on any atom is 0.326 e. The highest BCUT2D eigenvalue weighted by Crippen LogP contribution is 2.26. The normalized spacial score (nSPS) is 19.5. The Bertz CT molecular complexity index is 1620. The standard InChI is InChI=1S/C35H44N6O6S/c1-48-18-15-27(35(46)47)38-31(42)28(20-23-21-37-26-12-6-5-11-24(23)26)39-32(43)29-13-7-16-40(29)34(45)30-14-8-17-41(30)33(44)25(36)19-22-9-3-2-4-10-22/h2-6,9-12,21,25,27-30,37H,7-8,13-20,36H2,1H3,(H,38,42)(H,39,43)(H,46,47)/t25-,27-,28-,29-,30-/m0/s1. The summed E-state index contributed by atoms with van der Waals surface area (Å²) in [5, 5.41) is 16.1. The second-order valence-electron chi connectivity index (χ2n) is 12.5. The summed E-state index contributed by atoms with van der Waals surface area (Å²) in [6.45, 7) is 0.761. The van der Waals surface area contributed by atoms with Crippen LogP contribution in [-0.4, -0.2) is 105 Å². The Kier molecular flexibility index (Phi) is 11.8. The van der Waals surface area contributed by atoms with Crippen molar-refractivity contribution in [3.8, 4) is 0 Å². The number of carbonyl (C=O) groups excluding carboxylic acids is 4. The molecule has 3 heterocycles. The molecule has 0 spiro atoms. The van der Waals surface area contributed by atoms with E-state index in [1.807, 2.05) is 60.9 Å². The smallest absolute Gasteiger partial charge is 0.326 e. The van der Waals surface area contributed by atoms with Crippen molar-refractivity contribution in [2.45, 2.75) is 75.2 Å². The average molecular weight is 677 g/mol. The van der Waals surface area contributed by atoms with Crippen LogP contribution in [0.4, 0.5) is 0 Å². The molecule has 2 saturated heterocycles. The number of nitrogens with zero attached hydrogens (tertiary/aromatic N) is 2. The maximum absolute atomic E-state index is 14.0. The summed E-state index contributed by atoms with van der Waals surface area (Å²) in [7, 11) is 0. The van der Waals surface area contributed by atoms with Crippen molar-refractivity contribution in [2.24, 2.45) is 5.73 Å². The molecule has 48 heavy (non-hydrogen) atoms. The first-order valence-electron chi connectivity index (χ1n) is 16.5. The first-order valence-corrected chi connectivity index (χ1v) is 17.8. The first-order chi connectivity index (χ1) is 23.2. The minimum Gasteiger partial charge on any atom is -0.480 e. The summed E-state index contributed by atoms with van der Waals surface area (Å²) in [6.07, 6.45) is 6.45. The van der Waals surface area contributed by atoms with Crippen LogP contribution in [0.1, 0.15) is 43.2 Å². The fourth-order valence-corrected chi connectivity index (χ4v) is 7.18. The number of hydrogen-bond donors (Lipinski definition) is 5. The predicted molar refractivity (Wildman–Crippen MR) is 184 cm³/mol. The van der Waals surface area contributed by atoms with E-state index in [9.17, 15) is 29.1 Å². The molecule has 5 rings (SSSR count). The van der Waals surface area contributed by atoms with Gasteiger partial charge in [-0.15, -0.1) is 0 Å². The molecule has 0 radical (unpaired) electrons. The van der Waals surface area contributed by atoms with E-state index < -0.39 is 48.0 Å². The van der Waals surface area contributed by atoms with Gasteiger partial charge in [0.2, 0.25) is 23.6 Å². The predicted octanol–water partition coefficient (Wildman–Crippen LogP) is 2.07. The van der Waals surface area contributed by atoms with E-state index >= 15 is 0 Å². The number of thioether (sulfide) groups is 1. The zero-order valence-corrected chi connectivity index (χ0v) is 27.9. The number of carboxylic acids is 1. The van der Waals surface area contributed by atoms with Crippen molar-refractivity contribution in [1.29, 1.82) is 0 Å². The maximum atomic E-state index is 14.0. The number of fused-ring (bicyclic) bond motifs is 1. The summed E-state index contributed by atoms with van der Waals surface area (Å²) in [4.78, 5) is 73.1. The monoisotopic (exact) mass is 676 g/mol. The van der Waals surface area contributed by atoms with E-state index in [2.05, 4.69) is 15.6 Å². The molecule has 0 unspecified atom stereocenters. The fraction of sp³-hybridized carbons (Fsp3) is 0.457. The van der Waals surface area contributed by atoms with Crippen LogP contribution in [-0.2, 0) is 36.8 Å². The summed E-state index contributed by atoms with van der Waals surface area (Å²) in [5.74, 6) is -2.31. The Morgan fingerprint density at radius 3 is 2.33 bits per heavy atom. The van der Waals surface area contributed by atoms with Gasteiger partial charge < -0.3 is 36.3 Å². The topological polar surface area (TPSA) is 178 Å². The van der Waals surface area contributed by atoms with E-state index in [-0.39, 0.29) is 24.7 Å². The van der Waals surface area contributed by atoms with Crippen molar-refractivity contribution in [2.75, 3.05) is 25.1 Å². The van der Waals surface area contributed by atoms with Gasteiger partial charge in [-0.1, -0.05) is 48.5 Å². The Labute approximate surface area is 284 Å². The molecule has 5 atom stereocenters. The molecule has 1 aromatic heterocycles. The summed E-state index contributed by atoms with van der Waals surface area (Å²) < 4.78 is 0. The van der Waals surface area contributed by atoms with E-state index in [4.69, 9.17) is 5.73 Å². The van der Waals surface area contributed by atoms with Crippen LogP contribution in [0.15, 0.2) is 60.8 Å². The number of H-pyrrole nitrogens is 1. The summed E-state index contributed by atoms with van der Waals surface area (Å²) >= 11 is 1.47. The number of aliphatic carboxylic acids is 1. The lowest BCUT2D eigenvalue weighted by molar-refractivity contribution is -0.147. The third-order valence-electron chi connectivity index (χ3n) is 9.23. The number of hydrogen-bond acceptors (Lipinski definition) is 7. The second kappa shape index (κ2) is 16.2. The highest BCUT2D eigenvalue weighted by Gasteiger charge is 2.43. The van der Waals surface area contributed by atoms with Crippen LogP contribution >= 0.6 is 11.8 Å².